The number of nitrogens with zero attached hydrogens (tertiary/aromatic N) is 2. The predicted octanol–water partition coefficient (Wildman–Crippen LogP) is 6.31. The van der Waals surface area contributed by atoms with Gasteiger partial charge in [-0.25, -0.2) is 13.9 Å². The van der Waals surface area contributed by atoms with E-state index in [1.165, 1.54) is 24.3 Å². The third-order valence-electron chi connectivity index (χ3n) is 3.82. The Morgan fingerprint density at radius 1 is 1.00 bits per heavy atom. The summed E-state index contributed by atoms with van der Waals surface area (Å²) in [4.78, 5) is 12.0. The highest BCUT2D eigenvalue weighted by atomic mass is 35.5. The van der Waals surface area contributed by atoms with Gasteiger partial charge in [0.2, 0.25) is 0 Å². The topological polar surface area (TPSA) is 56.1 Å². The highest BCUT2D eigenvalue weighted by Gasteiger charge is 2.41. The Balaban J connectivity index is 1.90. The highest BCUT2D eigenvalue weighted by Crippen LogP contribution is 2.38. The van der Waals surface area contributed by atoms with Gasteiger partial charge in [-0.2, -0.15) is 31.4 Å². The normalized spacial score (nSPS) is 12.0. The van der Waals surface area contributed by atoms with Gasteiger partial charge in [0.15, 0.2) is 17.3 Å². The number of amides is 1. The lowest BCUT2D eigenvalue weighted by Crippen LogP contribution is -2.21. The van der Waals surface area contributed by atoms with E-state index < -0.39 is 47.0 Å². The molecule has 0 saturated carbocycles. The highest BCUT2D eigenvalue weighted by molar-refractivity contribution is 6.30. The molecule has 0 spiro atoms. The second-order valence-corrected chi connectivity index (χ2v) is 6.36. The van der Waals surface area contributed by atoms with Crippen molar-refractivity contribution in [2.45, 2.75) is 12.4 Å². The molecule has 0 fully saturated rings. The van der Waals surface area contributed by atoms with Gasteiger partial charge in [0.05, 0.1) is 23.1 Å². The number of nitrogens with one attached hydrogen (secondary N) is 1. The summed E-state index contributed by atoms with van der Waals surface area (Å²) >= 11 is 5.70. The molecule has 13 heteroatoms. The average molecular weight is 468 g/mol. The van der Waals surface area contributed by atoms with Crippen LogP contribution >= 0.6 is 11.6 Å². The lowest BCUT2D eigenvalue weighted by atomic mass is 10.2. The maximum atomic E-state index is 14.0. The molecule has 1 N–H and O–H groups in total. The molecular formula is C18H9ClF7N3O2. The minimum atomic E-state index is -5.05. The van der Waals surface area contributed by atoms with Gasteiger partial charge in [0.1, 0.15) is 0 Å². The summed E-state index contributed by atoms with van der Waals surface area (Å²) in [6, 6.07) is 7.10. The predicted molar refractivity (Wildman–Crippen MR) is 94.6 cm³/mol. The fourth-order valence-electron chi connectivity index (χ4n) is 2.53. The lowest BCUT2D eigenvalue weighted by molar-refractivity contribution is -0.143. The minimum absolute atomic E-state index is 0.0593. The first-order chi connectivity index (χ1) is 14.4. The fourth-order valence-corrected chi connectivity index (χ4v) is 2.65. The van der Waals surface area contributed by atoms with Crippen molar-refractivity contribution >= 4 is 23.4 Å². The molecule has 3 aromatic rings. The fraction of sp³-hybridized carbons (Fsp3) is 0.111. The van der Waals surface area contributed by atoms with Crippen LogP contribution in [-0.4, -0.2) is 15.9 Å². The Hall–Kier alpha value is -3.28. The van der Waals surface area contributed by atoms with Crippen LogP contribution in [0.3, 0.4) is 0 Å². The summed E-state index contributed by atoms with van der Waals surface area (Å²) in [5.74, 6) is -2.87. The van der Waals surface area contributed by atoms with E-state index in [0.29, 0.717) is 16.9 Å². The third-order valence-corrected chi connectivity index (χ3v) is 4.07. The first kappa shape index (κ1) is 22.4. The molecule has 0 aliphatic rings. The van der Waals surface area contributed by atoms with Crippen LogP contribution in [0.4, 0.5) is 41.2 Å². The molecule has 0 radical (unpaired) electrons. The molecular weight excluding hydrogens is 459 g/mol. The number of rotatable bonds is 3. The maximum absolute atomic E-state index is 14.0. The molecule has 0 saturated heterocycles. The van der Waals surface area contributed by atoms with Crippen molar-refractivity contribution in [3.05, 3.63) is 70.8 Å². The number of ether oxygens (including phenoxy) is 1. The Labute approximate surface area is 174 Å². The largest absolute Gasteiger partial charge is 0.437 e. The van der Waals surface area contributed by atoms with Gasteiger partial charge >= 0.3 is 18.4 Å². The summed E-state index contributed by atoms with van der Waals surface area (Å²) in [6.45, 7) is 0. The molecule has 5 nitrogen and oxygen atoms in total. The van der Waals surface area contributed by atoms with E-state index in [1.54, 1.807) is 5.32 Å². The van der Waals surface area contributed by atoms with Gasteiger partial charge in [-0.3, -0.25) is 5.32 Å². The van der Waals surface area contributed by atoms with E-state index in [-0.39, 0.29) is 10.7 Å². The zero-order chi connectivity index (χ0) is 23.0. The lowest BCUT2D eigenvalue weighted by Gasteiger charge is -2.14. The second kappa shape index (κ2) is 8.10. The molecule has 3 rings (SSSR count). The molecule has 1 aromatic heterocycles. The Bertz CT molecular complexity index is 1110. The van der Waals surface area contributed by atoms with Crippen molar-refractivity contribution in [3.63, 3.8) is 0 Å². The monoisotopic (exact) mass is 467 g/mol. The summed E-state index contributed by atoms with van der Waals surface area (Å²) < 4.78 is 97.9. The van der Waals surface area contributed by atoms with Crippen LogP contribution < -0.4 is 10.1 Å². The van der Waals surface area contributed by atoms with Crippen molar-refractivity contribution in [1.82, 2.24) is 9.78 Å². The summed E-state index contributed by atoms with van der Waals surface area (Å²) in [5, 5.41) is 5.43. The molecule has 0 aliphatic carbocycles. The average Bonchev–Trinajstić information content (AvgIpc) is 3.07. The van der Waals surface area contributed by atoms with Crippen LogP contribution in [0.1, 0.15) is 11.3 Å². The molecule has 0 atom stereocenters. The number of carbonyl (C=O) groups excluding carboxylic acids is 1. The van der Waals surface area contributed by atoms with Crippen molar-refractivity contribution in [2.24, 2.45) is 0 Å². The van der Waals surface area contributed by atoms with E-state index in [4.69, 9.17) is 11.6 Å². The number of carbonyl (C=O) groups is 1. The number of hydrogen-bond donors (Lipinski definition) is 1. The maximum Gasteiger partial charge on any atom is 0.437 e. The van der Waals surface area contributed by atoms with E-state index in [0.717, 1.165) is 12.1 Å². The van der Waals surface area contributed by atoms with E-state index in [2.05, 4.69) is 9.84 Å². The van der Waals surface area contributed by atoms with Crippen LogP contribution in [0.25, 0.3) is 5.69 Å². The first-order valence-corrected chi connectivity index (χ1v) is 8.51. The molecule has 0 bridgehead atoms. The van der Waals surface area contributed by atoms with Gasteiger partial charge in [-0.1, -0.05) is 17.7 Å². The summed E-state index contributed by atoms with van der Waals surface area (Å²) in [7, 11) is 0. The van der Waals surface area contributed by atoms with E-state index in [1.807, 2.05) is 0 Å². The van der Waals surface area contributed by atoms with Crippen molar-refractivity contribution in [2.75, 3.05) is 5.32 Å². The number of alkyl halides is 6. The van der Waals surface area contributed by atoms with Gasteiger partial charge in [-0.15, -0.1) is 0 Å². The van der Waals surface area contributed by atoms with E-state index >= 15 is 0 Å². The SMILES string of the molecule is O=C(Nc1cccc(C(F)(F)F)c1F)Oc1cnn(-c2ccc(Cl)cc2)c1C(F)(F)F. The number of halogens is 8. The van der Waals surface area contributed by atoms with Gasteiger partial charge < -0.3 is 4.74 Å². The van der Waals surface area contributed by atoms with Crippen LogP contribution in [-0.2, 0) is 12.4 Å². The third kappa shape index (κ3) is 4.90. The number of benzene rings is 2. The minimum Gasteiger partial charge on any atom is -0.406 e. The van der Waals surface area contributed by atoms with Crippen LogP contribution in [0.5, 0.6) is 5.75 Å². The standard InChI is InChI=1S/C18H9ClF7N3O2/c19-9-4-6-10(7-5-9)29-15(18(24,25)26)13(8-27-29)31-16(30)28-12-3-1-2-11(14(12)20)17(21,22)23/h1-8H,(H,28,30). The zero-order valence-corrected chi connectivity index (χ0v) is 15.6. The Morgan fingerprint density at radius 2 is 1.65 bits per heavy atom. The van der Waals surface area contributed by atoms with E-state index in [9.17, 15) is 35.5 Å². The molecule has 2 aromatic carbocycles. The molecule has 31 heavy (non-hydrogen) atoms. The van der Waals surface area contributed by atoms with Crippen molar-refractivity contribution in [1.29, 1.82) is 0 Å². The van der Waals surface area contributed by atoms with Gasteiger partial charge in [-0.05, 0) is 36.4 Å². The van der Waals surface area contributed by atoms with Gasteiger partial charge in [0, 0.05) is 5.02 Å². The van der Waals surface area contributed by atoms with Crippen LogP contribution in [0, 0.1) is 5.82 Å². The smallest absolute Gasteiger partial charge is 0.406 e. The van der Waals surface area contributed by atoms with Crippen LogP contribution in [0.2, 0.25) is 5.02 Å². The van der Waals surface area contributed by atoms with Gasteiger partial charge in [0.25, 0.3) is 0 Å². The zero-order valence-electron chi connectivity index (χ0n) is 14.9. The quantitative estimate of drug-likeness (QED) is 0.459. The number of hydrogen-bond acceptors (Lipinski definition) is 3. The Kier molecular flexibility index (Phi) is 5.85. The van der Waals surface area contributed by atoms with Crippen molar-refractivity contribution in [3.8, 4) is 11.4 Å². The molecule has 1 amide bonds. The molecule has 0 aliphatic heterocycles. The summed E-state index contributed by atoms with van der Waals surface area (Å²) in [6.07, 6.45) is -11.2. The van der Waals surface area contributed by atoms with Crippen LogP contribution in [0.15, 0.2) is 48.7 Å². The summed E-state index contributed by atoms with van der Waals surface area (Å²) in [5.41, 5.74) is -4.14. The molecule has 164 valence electrons. The van der Waals surface area contributed by atoms with Crippen molar-refractivity contribution < 1.29 is 40.3 Å². The number of anilines is 1. The molecule has 0 unspecified atom stereocenters. The number of aromatic nitrogens is 2. The Morgan fingerprint density at radius 3 is 2.23 bits per heavy atom. The second-order valence-electron chi connectivity index (χ2n) is 5.92. The molecule has 1 heterocycles. The first-order valence-electron chi connectivity index (χ1n) is 8.13.